The lowest BCUT2D eigenvalue weighted by molar-refractivity contribution is -0.132. The van der Waals surface area contributed by atoms with E-state index in [2.05, 4.69) is 5.32 Å². The summed E-state index contributed by atoms with van der Waals surface area (Å²) in [4.78, 5) is 13.8. The molecule has 0 bridgehead atoms. The predicted octanol–water partition coefficient (Wildman–Crippen LogP) is 2.70. The molecule has 0 spiro atoms. The molecule has 0 radical (unpaired) electrons. The smallest absolute Gasteiger partial charge is 0.239 e. The molecule has 1 saturated heterocycles. The van der Waals surface area contributed by atoms with Crippen molar-refractivity contribution in [1.29, 1.82) is 0 Å². The Kier molecular flexibility index (Phi) is 4.49. The average Bonchev–Trinajstić information content (AvgIpc) is 2.86. The Labute approximate surface area is 117 Å². The first-order valence-electron chi connectivity index (χ1n) is 6.01. The molecule has 5 heteroatoms. The van der Waals surface area contributed by atoms with Crippen molar-refractivity contribution in [3.63, 3.8) is 0 Å². The van der Waals surface area contributed by atoms with Gasteiger partial charge in [0.1, 0.15) is 0 Å². The number of hydrogen-bond donors (Lipinski definition) is 1. The molecule has 1 N–H and O–H groups in total. The Morgan fingerprint density at radius 2 is 2.11 bits per heavy atom. The number of carbonyl (C=O) groups is 1. The summed E-state index contributed by atoms with van der Waals surface area (Å²) in [5.74, 6) is 0.100. The first-order valence-corrected chi connectivity index (χ1v) is 6.76. The average molecular weight is 287 g/mol. The molecule has 0 saturated carbocycles. The van der Waals surface area contributed by atoms with Crippen LogP contribution in [0.5, 0.6) is 0 Å². The molecule has 1 atom stereocenters. The SMILES string of the molecule is CN(Cc1c(Cl)cccc1Cl)C(=O)C1CCCN1. The quantitative estimate of drug-likeness (QED) is 0.927. The molecule has 0 aromatic heterocycles. The van der Waals surface area contributed by atoms with Gasteiger partial charge in [0, 0.05) is 29.2 Å². The molecule has 98 valence electrons. The summed E-state index contributed by atoms with van der Waals surface area (Å²) in [6, 6.07) is 5.31. The van der Waals surface area contributed by atoms with Crippen LogP contribution in [0.3, 0.4) is 0 Å². The maximum atomic E-state index is 12.1. The maximum absolute atomic E-state index is 12.1. The van der Waals surface area contributed by atoms with Crippen LogP contribution in [-0.2, 0) is 11.3 Å². The number of nitrogens with zero attached hydrogens (tertiary/aromatic N) is 1. The monoisotopic (exact) mass is 286 g/mol. The number of halogens is 2. The van der Waals surface area contributed by atoms with Gasteiger partial charge in [0.25, 0.3) is 0 Å². The lowest BCUT2D eigenvalue weighted by atomic mass is 10.1. The molecule has 1 aromatic rings. The topological polar surface area (TPSA) is 32.3 Å². The van der Waals surface area contributed by atoms with E-state index < -0.39 is 0 Å². The molecular weight excluding hydrogens is 271 g/mol. The molecule has 3 nitrogen and oxygen atoms in total. The molecule has 0 aliphatic carbocycles. The minimum absolute atomic E-state index is 0.0590. The van der Waals surface area contributed by atoms with Crippen molar-refractivity contribution in [1.82, 2.24) is 10.2 Å². The molecule has 2 rings (SSSR count). The van der Waals surface area contributed by atoms with E-state index >= 15 is 0 Å². The summed E-state index contributed by atoms with van der Waals surface area (Å²) in [7, 11) is 1.78. The van der Waals surface area contributed by atoms with Crippen LogP contribution in [0.1, 0.15) is 18.4 Å². The molecule has 18 heavy (non-hydrogen) atoms. The highest BCUT2D eigenvalue weighted by Gasteiger charge is 2.25. The minimum Gasteiger partial charge on any atom is -0.340 e. The van der Waals surface area contributed by atoms with Gasteiger partial charge in [-0.3, -0.25) is 4.79 Å². The van der Waals surface area contributed by atoms with E-state index in [1.54, 1.807) is 30.1 Å². The zero-order valence-corrected chi connectivity index (χ0v) is 11.8. The number of rotatable bonds is 3. The molecule has 1 heterocycles. The fraction of sp³-hybridized carbons (Fsp3) is 0.462. The third-order valence-corrected chi connectivity index (χ3v) is 3.90. The second-order valence-corrected chi connectivity index (χ2v) is 5.36. The Bertz CT molecular complexity index is 424. The highest BCUT2D eigenvalue weighted by atomic mass is 35.5. The van der Waals surface area contributed by atoms with Crippen LogP contribution in [0, 0.1) is 0 Å². The van der Waals surface area contributed by atoms with Gasteiger partial charge in [0.05, 0.1) is 6.04 Å². The van der Waals surface area contributed by atoms with E-state index in [1.807, 2.05) is 0 Å². The van der Waals surface area contributed by atoms with Crippen LogP contribution in [0.4, 0.5) is 0 Å². The highest BCUT2D eigenvalue weighted by molar-refractivity contribution is 6.36. The second-order valence-electron chi connectivity index (χ2n) is 4.54. The van der Waals surface area contributed by atoms with Crippen LogP contribution >= 0.6 is 23.2 Å². The van der Waals surface area contributed by atoms with Crippen molar-refractivity contribution < 1.29 is 4.79 Å². The molecule has 1 aliphatic heterocycles. The number of carbonyl (C=O) groups excluding carboxylic acids is 1. The van der Waals surface area contributed by atoms with Gasteiger partial charge in [-0.2, -0.15) is 0 Å². The Hall–Kier alpha value is -0.770. The first kappa shape index (κ1) is 13.7. The van der Waals surface area contributed by atoms with E-state index in [4.69, 9.17) is 23.2 Å². The van der Waals surface area contributed by atoms with Crippen LogP contribution in [0.2, 0.25) is 10.0 Å². The van der Waals surface area contributed by atoms with Crippen LogP contribution < -0.4 is 5.32 Å². The van der Waals surface area contributed by atoms with Gasteiger partial charge in [0.2, 0.25) is 5.91 Å². The van der Waals surface area contributed by atoms with Crippen LogP contribution in [0.15, 0.2) is 18.2 Å². The van der Waals surface area contributed by atoms with Crippen LogP contribution in [0.25, 0.3) is 0 Å². The predicted molar refractivity (Wildman–Crippen MR) is 74.0 cm³/mol. The van der Waals surface area contributed by atoms with E-state index in [0.717, 1.165) is 24.9 Å². The molecule has 1 amide bonds. The number of benzene rings is 1. The van der Waals surface area contributed by atoms with Gasteiger partial charge < -0.3 is 10.2 Å². The summed E-state index contributed by atoms with van der Waals surface area (Å²) in [6.45, 7) is 1.35. The van der Waals surface area contributed by atoms with Gasteiger partial charge in [-0.25, -0.2) is 0 Å². The maximum Gasteiger partial charge on any atom is 0.239 e. The van der Waals surface area contributed by atoms with Gasteiger partial charge >= 0.3 is 0 Å². The highest BCUT2D eigenvalue weighted by Crippen LogP contribution is 2.25. The van der Waals surface area contributed by atoms with E-state index in [0.29, 0.717) is 16.6 Å². The largest absolute Gasteiger partial charge is 0.340 e. The zero-order valence-electron chi connectivity index (χ0n) is 10.2. The third kappa shape index (κ3) is 2.97. The van der Waals surface area contributed by atoms with E-state index in [-0.39, 0.29) is 11.9 Å². The summed E-state index contributed by atoms with van der Waals surface area (Å²) in [5.41, 5.74) is 0.801. The number of likely N-dealkylation sites (N-methyl/N-ethyl adjacent to an activating group) is 1. The number of nitrogens with one attached hydrogen (secondary N) is 1. The molecule has 1 fully saturated rings. The Morgan fingerprint density at radius 3 is 2.67 bits per heavy atom. The molecule has 1 aromatic carbocycles. The number of amides is 1. The van der Waals surface area contributed by atoms with Crippen molar-refractivity contribution >= 4 is 29.1 Å². The fourth-order valence-corrected chi connectivity index (χ4v) is 2.68. The minimum atomic E-state index is -0.0590. The van der Waals surface area contributed by atoms with Gasteiger partial charge in [0.15, 0.2) is 0 Å². The number of hydrogen-bond acceptors (Lipinski definition) is 2. The van der Waals surface area contributed by atoms with E-state index in [1.165, 1.54) is 0 Å². The van der Waals surface area contributed by atoms with Gasteiger partial charge in [-0.1, -0.05) is 29.3 Å². The van der Waals surface area contributed by atoms with Crippen molar-refractivity contribution in [3.8, 4) is 0 Å². The van der Waals surface area contributed by atoms with Gasteiger partial charge in [-0.05, 0) is 31.5 Å². The summed E-state index contributed by atoms with van der Waals surface area (Å²) < 4.78 is 0. The van der Waals surface area contributed by atoms with Crippen molar-refractivity contribution in [2.75, 3.05) is 13.6 Å². The molecular formula is C13H16Cl2N2O. The van der Waals surface area contributed by atoms with Gasteiger partial charge in [-0.15, -0.1) is 0 Å². The zero-order chi connectivity index (χ0) is 13.1. The Morgan fingerprint density at radius 1 is 1.44 bits per heavy atom. The normalized spacial score (nSPS) is 18.9. The van der Waals surface area contributed by atoms with Crippen molar-refractivity contribution in [2.45, 2.75) is 25.4 Å². The first-order chi connectivity index (χ1) is 8.59. The second kappa shape index (κ2) is 5.91. The standard InChI is InChI=1S/C13H16Cl2N2O/c1-17(13(18)12-6-3-7-16-12)8-9-10(14)4-2-5-11(9)15/h2,4-5,12,16H,3,6-8H2,1H3. The van der Waals surface area contributed by atoms with Crippen molar-refractivity contribution in [3.05, 3.63) is 33.8 Å². The lowest BCUT2D eigenvalue weighted by Crippen LogP contribution is -2.41. The fourth-order valence-electron chi connectivity index (χ4n) is 2.16. The summed E-state index contributed by atoms with van der Waals surface area (Å²) in [6.07, 6.45) is 1.95. The molecule has 1 aliphatic rings. The Balaban J connectivity index is 2.06. The summed E-state index contributed by atoms with van der Waals surface area (Å²) >= 11 is 12.2. The third-order valence-electron chi connectivity index (χ3n) is 3.19. The summed E-state index contributed by atoms with van der Waals surface area (Å²) in [5, 5.41) is 4.39. The van der Waals surface area contributed by atoms with Crippen LogP contribution in [-0.4, -0.2) is 30.4 Å². The van der Waals surface area contributed by atoms with E-state index in [9.17, 15) is 4.79 Å². The van der Waals surface area contributed by atoms with Crippen molar-refractivity contribution in [2.24, 2.45) is 0 Å². The lowest BCUT2D eigenvalue weighted by Gasteiger charge is -2.22. The molecule has 1 unspecified atom stereocenters.